The van der Waals surface area contributed by atoms with Gasteiger partial charge in [-0.15, -0.1) is 11.8 Å². The third-order valence-electron chi connectivity index (χ3n) is 3.04. The molecule has 1 aromatic carbocycles. The van der Waals surface area contributed by atoms with Crippen molar-refractivity contribution in [2.45, 2.75) is 38.2 Å². The Kier molecular flexibility index (Phi) is 6.38. The fraction of sp³-hybridized carbons (Fsp3) is 0.533. The van der Waals surface area contributed by atoms with Crippen molar-refractivity contribution in [3.63, 3.8) is 0 Å². The highest BCUT2D eigenvalue weighted by Gasteiger charge is 2.12. The number of aryl methyl sites for hydroxylation is 1. The lowest BCUT2D eigenvalue weighted by Crippen LogP contribution is -2.30. The highest BCUT2D eigenvalue weighted by Crippen LogP contribution is 2.19. The molecule has 0 aliphatic carbocycles. The van der Waals surface area contributed by atoms with Gasteiger partial charge in [-0.3, -0.25) is 4.79 Å². The molecule has 19 heavy (non-hydrogen) atoms. The molecule has 2 unspecified atom stereocenters. The van der Waals surface area contributed by atoms with Crippen LogP contribution in [-0.4, -0.2) is 29.9 Å². The SMILES string of the molecule is CSc1ccc(C)c(C(=O)NCC(C)CC(C)O)c1. The number of carbonyl (C=O) groups is 1. The second-order valence-corrected chi connectivity index (χ2v) is 5.96. The summed E-state index contributed by atoms with van der Waals surface area (Å²) in [5.41, 5.74) is 1.72. The van der Waals surface area contributed by atoms with E-state index in [1.54, 1.807) is 18.7 Å². The van der Waals surface area contributed by atoms with Crippen LogP contribution in [0.1, 0.15) is 36.2 Å². The van der Waals surface area contributed by atoms with Crippen LogP contribution >= 0.6 is 11.8 Å². The first-order chi connectivity index (χ1) is 8.93. The van der Waals surface area contributed by atoms with Crippen LogP contribution in [0.4, 0.5) is 0 Å². The van der Waals surface area contributed by atoms with Crippen molar-refractivity contribution in [1.82, 2.24) is 5.32 Å². The summed E-state index contributed by atoms with van der Waals surface area (Å²) in [5.74, 6) is 0.235. The van der Waals surface area contributed by atoms with Crippen LogP contribution in [0, 0.1) is 12.8 Å². The first kappa shape index (κ1) is 16.1. The number of hydrogen-bond donors (Lipinski definition) is 2. The Morgan fingerprint density at radius 2 is 2.11 bits per heavy atom. The van der Waals surface area contributed by atoms with E-state index in [1.165, 1.54) is 0 Å². The van der Waals surface area contributed by atoms with Crippen LogP contribution in [0.2, 0.25) is 0 Å². The predicted octanol–water partition coefficient (Wildman–Crippen LogP) is 2.85. The minimum absolute atomic E-state index is 0.0363. The standard InChI is InChI=1S/C15H23NO2S/c1-10(7-12(3)17)9-16-15(18)14-8-13(19-4)6-5-11(14)2/h5-6,8,10,12,17H,7,9H2,1-4H3,(H,16,18). The zero-order chi connectivity index (χ0) is 14.4. The number of nitrogens with one attached hydrogen (secondary N) is 1. The first-order valence-corrected chi connectivity index (χ1v) is 7.77. The van der Waals surface area contributed by atoms with E-state index in [2.05, 4.69) is 5.32 Å². The van der Waals surface area contributed by atoms with Crippen molar-refractivity contribution < 1.29 is 9.90 Å². The Hall–Kier alpha value is -1.00. The molecule has 1 amide bonds. The Morgan fingerprint density at radius 3 is 2.68 bits per heavy atom. The topological polar surface area (TPSA) is 49.3 Å². The van der Waals surface area contributed by atoms with Crippen LogP contribution < -0.4 is 5.32 Å². The van der Waals surface area contributed by atoms with Gasteiger partial charge in [-0.25, -0.2) is 0 Å². The monoisotopic (exact) mass is 281 g/mol. The maximum atomic E-state index is 12.1. The number of hydrogen-bond acceptors (Lipinski definition) is 3. The molecule has 0 aliphatic heterocycles. The molecule has 0 saturated heterocycles. The van der Waals surface area contributed by atoms with Gasteiger partial charge in [0.05, 0.1) is 6.10 Å². The van der Waals surface area contributed by atoms with Crippen LogP contribution in [0.3, 0.4) is 0 Å². The zero-order valence-electron chi connectivity index (χ0n) is 12.1. The molecule has 0 aliphatic rings. The maximum absolute atomic E-state index is 12.1. The number of thioether (sulfide) groups is 1. The second-order valence-electron chi connectivity index (χ2n) is 5.08. The third kappa shape index (κ3) is 5.25. The minimum atomic E-state index is -0.326. The summed E-state index contributed by atoms with van der Waals surface area (Å²) in [6, 6.07) is 5.92. The van der Waals surface area contributed by atoms with E-state index in [0.29, 0.717) is 13.0 Å². The number of amides is 1. The normalized spacial score (nSPS) is 13.9. The van der Waals surface area contributed by atoms with Crippen molar-refractivity contribution in [3.05, 3.63) is 29.3 Å². The number of aliphatic hydroxyl groups excluding tert-OH is 1. The Bertz CT molecular complexity index is 432. The van der Waals surface area contributed by atoms with E-state index in [9.17, 15) is 9.90 Å². The molecule has 0 bridgehead atoms. The number of benzene rings is 1. The molecular formula is C15H23NO2S. The van der Waals surface area contributed by atoms with Gasteiger partial charge >= 0.3 is 0 Å². The Labute approximate surface area is 119 Å². The zero-order valence-corrected chi connectivity index (χ0v) is 12.9. The molecule has 0 heterocycles. The smallest absolute Gasteiger partial charge is 0.251 e. The maximum Gasteiger partial charge on any atom is 0.251 e. The summed E-state index contributed by atoms with van der Waals surface area (Å²) >= 11 is 1.63. The van der Waals surface area contributed by atoms with Crippen molar-refractivity contribution in [2.24, 2.45) is 5.92 Å². The van der Waals surface area contributed by atoms with Crippen LogP contribution in [0.5, 0.6) is 0 Å². The van der Waals surface area contributed by atoms with E-state index in [-0.39, 0.29) is 17.9 Å². The van der Waals surface area contributed by atoms with Gasteiger partial charge in [0.2, 0.25) is 0 Å². The third-order valence-corrected chi connectivity index (χ3v) is 3.77. The average Bonchev–Trinajstić information content (AvgIpc) is 2.35. The van der Waals surface area contributed by atoms with Gasteiger partial charge in [0, 0.05) is 17.0 Å². The van der Waals surface area contributed by atoms with Gasteiger partial charge in [0.25, 0.3) is 5.91 Å². The summed E-state index contributed by atoms with van der Waals surface area (Å²) in [4.78, 5) is 13.2. The second kappa shape index (κ2) is 7.56. The van der Waals surface area contributed by atoms with Gasteiger partial charge < -0.3 is 10.4 Å². The fourth-order valence-corrected chi connectivity index (χ4v) is 2.44. The lowest BCUT2D eigenvalue weighted by atomic mass is 10.0. The number of aliphatic hydroxyl groups is 1. The summed E-state index contributed by atoms with van der Waals surface area (Å²) in [6.07, 6.45) is 2.37. The highest BCUT2D eigenvalue weighted by atomic mass is 32.2. The van der Waals surface area contributed by atoms with Gasteiger partial charge in [0.15, 0.2) is 0 Å². The Balaban J connectivity index is 2.63. The quantitative estimate of drug-likeness (QED) is 0.788. The van der Waals surface area contributed by atoms with Gasteiger partial charge in [-0.05, 0) is 50.1 Å². The lowest BCUT2D eigenvalue weighted by molar-refractivity contribution is 0.0938. The number of rotatable bonds is 6. The largest absolute Gasteiger partial charge is 0.393 e. The van der Waals surface area contributed by atoms with Gasteiger partial charge in [-0.1, -0.05) is 13.0 Å². The minimum Gasteiger partial charge on any atom is -0.393 e. The lowest BCUT2D eigenvalue weighted by Gasteiger charge is -2.15. The van der Waals surface area contributed by atoms with Crippen LogP contribution in [0.25, 0.3) is 0 Å². The van der Waals surface area contributed by atoms with E-state index in [4.69, 9.17) is 0 Å². The average molecular weight is 281 g/mol. The van der Waals surface area contributed by atoms with Crippen molar-refractivity contribution in [3.8, 4) is 0 Å². The molecule has 0 aromatic heterocycles. The predicted molar refractivity (Wildman–Crippen MR) is 80.8 cm³/mol. The molecule has 0 fully saturated rings. The molecule has 4 heteroatoms. The Morgan fingerprint density at radius 1 is 1.42 bits per heavy atom. The molecule has 0 saturated carbocycles. The summed E-state index contributed by atoms with van der Waals surface area (Å²) in [7, 11) is 0. The summed E-state index contributed by atoms with van der Waals surface area (Å²) in [6.45, 7) is 6.33. The molecule has 106 valence electrons. The van der Waals surface area contributed by atoms with E-state index in [0.717, 1.165) is 16.0 Å². The molecule has 2 atom stereocenters. The molecule has 1 rings (SSSR count). The molecule has 0 spiro atoms. The molecule has 3 nitrogen and oxygen atoms in total. The summed E-state index contributed by atoms with van der Waals surface area (Å²) < 4.78 is 0. The molecule has 2 N–H and O–H groups in total. The van der Waals surface area contributed by atoms with Crippen LogP contribution in [-0.2, 0) is 0 Å². The van der Waals surface area contributed by atoms with E-state index < -0.39 is 0 Å². The van der Waals surface area contributed by atoms with Crippen molar-refractivity contribution >= 4 is 17.7 Å². The van der Waals surface area contributed by atoms with Crippen molar-refractivity contribution in [2.75, 3.05) is 12.8 Å². The molecular weight excluding hydrogens is 258 g/mol. The number of carbonyl (C=O) groups excluding carboxylic acids is 1. The summed E-state index contributed by atoms with van der Waals surface area (Å²) in [5, 5.41) is 12.2. The molecule has 0 radical (unpaired) electrons. The first-order valence-electron chi connectivity index (χ1n) is 6.55. The van der Waals surface area contributed by atoms with Crippen molar-refractivity contribution in [1.29, 1.82) is 0 Å². The van der Waals surface area contributed by atoms with Gasteiger partial charge in [0.1, 0.15) is 0 Å². The van der Waals surface area contributed by atoms with E-state index in [1.807, 2.05) is 38.3 Å². The fourth-order valence-electron chi connectivity index (χ4n) is 2.00. The van der Waals surface area contributed by atoms with Crippen LogP contribution in [0.15, 0.2) is 23.1 Å². The van der Waals surface area contributed by atoms with E-state index >= 15 is 0 Å². The van der Waals surface area contributed by atoms with Gasteiger partial charge in [-0.2, -0.15) is 0 Å². The highest BCUT2D eigenvalue weighted by molar-refractivity contribution is 7.98. The molecule has 1 aromatic rings.